The number of para-hydroxylation sites is 1. The van der Waals surface area contributed by atoms with Crippen LogP contribution in [0.4, 0.5) is 0 Å². The van der Waals surface area contributed by atoms with Crippen LogP contribution in [-0.4, -0.2) is 12.5 Å². The molecule has 0 unspecified atom stereocenters. The van der Waals surface area contributed by atoms with Gasteiger partial charge in [0.1, 0.15) is 5.75 Å². The zero-order chi connectivity index (χ0) is 15.4. The fourth-order valence-electron chi connectivity index (χ4n) is 2.99. The van der Waals surface area contributed by atoms with Crippen molar-refractivity contribution < 1.29 is 9.53 Å². The molecule has 0 spiro atoms. The molecule has 22 heavy (non-hydrogen) atoms. The SMILES string of the molecule is CCOc1ccccc1C(=O)NC1(c2ccccc2)CCC1. The highest BCUT2D eigenvalue weighted by molar-refractivity contribution is 5.97. The molecule has 2 aromatic carbocycles. The zero-order valence-corrected chi connectivity index (χ0v) is 12.8. The van der Waals surface area contributed by atoms with Gasteiger partial charge in [0.25, 0.3) is 5.91 Å². The summed E-state index contributed by atoms with van der Waals surface area (Å²) in [5, 5.41) is 3.24. The molecule has 114 valence electrons. The van der Waals surface area contributed by atoms with Crippen LogP contribution in [0.1, 0.15) is 42.1 Å². The van der Waals surface area contributed by atoms with Crippen molar-refractivity contribution in [1.29, 1.82) is 0 Å². The molecule has 1 aliphatic carbocycles. The summed E-state index contributed by atoms with van der Waals surface area (Å²) in [4.78, 5) is 12.7. The fourth-order valence-corrected chi connectivity index (χ4v) is 2.99. The first-order valence-electron chi connectivity index (χ1n) is 7.85. The standard InChI is InChI=1S/C19H21NO2/c1-2-22-17-12-7-6-11-16(17)18(21)20-19(13-8-14-19)15-9-4-3-5-10-15/h3-7,9-12H,2,8,13-14H2,1H3,(H,20,21). The highest BCUT2D eigenvalue weighted by Crippen LogP contribution is 2.41. The summed E-state index contributed by atoms with van der Waals surface area (Å²) in [6.45, 7) is 2.47. The van der Waals surface area contributed by atoms with Crippen LogP contribution in [0.3, 0.4) is 0 Å². The van der Waals surface area contributed by atoms with Crippen LogP contribution in [0, 0.1) is 0 Å². The Bertz CT molecular complexity index is 647. The van der Waals surface area contributed by atoms with E-state index in [1.807, 2.05) is 49.4 Å². The van der Waals surface area contributed by atoms with Gasteiger partial charge in [0.2, 0.25) is 0 Å². The van der Waals surface area contributed by atoms with Gasteiger partial charge in [0.15, 0.2) is 0 Å². The van der Waals surface area contributed by atoms with E-state index >= 15 is 0 Å². The van der Waals surface area contributed by atoms with Gasteiger partial charge in [0, 0.05) is 0 Å². The molecule has 0 bridgehead atoms. The number of carbonyl (C=O) groups is 1. The van der Waals surface area contributed by atoms with Crippen LogP contribution in [-0.2, 0) is 5.54 Å². The molecule has 1 N–H and O–H groups in total. The summed E-state index contributed by atoms with van der Waals surface area (Å²) >= 11 is 0. The summed E-state index contributed by atoms with van der Waals surface area (Å²) in [6.07, 6.45) is 3.11. The van der Waals surface area contributed by atoms with E-state index in [0.29, 0.717) is 17.9 Å². The van der Waals surface area contributed by atoms with Crippen LogP contribution in [0.5, 0.6) is 5.75 Å². The first-order chi connectivity index (χ1) is 10.7. The summed E-state index contributed by atoms with van der Waals surface area (Å²) < 4.78 is 5.57. The number of amides is 1. The highest BCUT2D eigenvalue weighted by atomic mass is 16.5. The van der Waals surface area contributed by atoms with E-state index in [2.05, 4.69) is 17.4 Å². The quantitative estimate of drug-likeness (QED) is 0.908. The van der Waals surface area contributed by atoms with Gasteiger partial charge in [-0.2, -0.15) is 0 Å². The number of carbonyl (C=O) groups excluding carboxylic acids is 1. The fraction of sp³-hybridized carbons (Fsp3) is 0.316. The molecule has 0 aromatic heterocycles. The molecule has 1 amide bonds. The minimum Gasteiger partial charge on any atom is -0.493 e. The van der Waals surface area contributed by atoms with Crippen molar-refractivity contribution in [3.05, 3.63) is 65.7 Å². The second-order valence-corrected chi connectivity index (χ2v) is 5.68. The van der Waals surface area contributed by atoms with E-state index in [1.165, 1.54) is 5.56 Å². The molecule has 3 rings (SSSR count). The molecular formula is C19H21NO2. The second-order valence-electron chi connectivity index (χ2n) is 5.68. The molecular weight excluding hydrogens is 274 g/mol. The molecule has 2 aromatic rings. The average Bonchev–Trinajstić information content (AvgIpc) is 2.52. The molecule has 0 atom stereocenters. The Morgan fingerprint density at radius 3 is 2.41 bits per heavy atom. The lowest BCUT2D eigenvalue weighted by Crippen LogP contribution is -2.50. The Balaban J connectivity index is 1.84. The van der Waals surface area contributed by atoms with Crippen molar-refractivity contribution in [3.63, 3.8) is 0 Å². The third kappa shape index (κ3) is 2.71. The summed E-state index contributed by atoms with van der Waals surface area (Å²) in [5.74, 6) is 0.581. The topological polar surface area (TPSA) is 38.3 Å². The van der Waals surface area contributed by atoms with Gasteiger partial charge in [-0.3, -0.25) is 4.79 Å². The van der Waals surface area contributed by atoms with Crippen LogP contribution in [0.25, 0.3) is 0 Å². The Morgan fingerprint density at radius 2 is 1.77 bits per heavy atom. The van der Waals surface area contributed by atoms with E-state index in [9.17, 15) is 4.79 Å². The predicted molar refractivity (Wildman–Crippen MR) is 87.0 cm³/mol. The monoisotopic (exact) mass is 295 g/mol. The number of benzene rings is 2. The Hall–Kier alpha value is -2.29. The number of nitrogens with one attached hydrogen (secondary N) is 1. The van der Waals surface area contributed by atoms with E-state index in [1.54, 1.807) is 0 Å². The van der Waals surface area contributed by atoms with E-state index in [-0.39, 0.29) is 11.4 Å². The lowest BCUT2D eigenvalue weighted by atomic mass is 9.71. The Morgan fingerprint density at radius 1 is 1.09 bits per heavy atom. The molecule has 0 radical (unpaired) electrons. The third-order valence-electron chi connectivity index (χ3n) is 4.32. The zero-order valence-electron chi connectivity index (χ0n) is 12.8. The second kappa shape index (κ2) is 6.22. The van der Waals surface area contributed by atoms with Crippen LogP contribution >= 0.6 is 0 Å². The minimum atomic E-state index is -0.225. The number of rotatable bonds is 5. The lowest BCUT2D eigenvalue weighted by Gasteiger charge is -2.43. The Labute approximate surface area is 131 Å². The van der Waals surface area contributed by atoms with Crippen molar-refractivity contribution in [2.24, 2.45) is 0 Å². The maximum atomic E-state index is 12.7. The lowest BCUT2D eigenvalue weighted by molar-refractivity contribution is 0.0819. The summed E-state index contributed by atoms with van der Waals surface area (Å²) in [7, 11) is 0. The van der Waals surface area contributed by atoms with E-state index in [0.717, 1.165) is 19.3 Å². The summed E-state index contributed by atoms with van der Waals surface area (Å²) in [5.41, 5.74) is 1.56. The molecule has 0 saturated heterocycles. The van der Waals surface area contributed by atoms with Crippen molar-refractivity contribution in [2.45, 2.75) is 31.7 Å². The molecule has 3 heteroatoms. The van der Waals surface area contributed by atoms with Gasteiger partial charge in [0.05, 0.1) is 17.7 Å². The van der Waals surface area contributed by atoms with E-state index in [4.69, 9.17) is 4.74 Å². The van der Waals surface area contributed by atoms with E-state index < -0.39 is 0 Å². The maximum Gasteiger partial charge on any atom is 0.255 e. The maximum absolute atomic E-state index is 12.7. The van der Waals surface area contributed by atoms with Gasteiger partial charge in [-0.15, -0.1) is 0 Å². The van der Waals surface area contributed by atoms with Crippen LogP contribution in [0.2, 0.25) is 0 Å². The third-order valence-corrected chi connectivity index (χ3v) is 4.32. The number of ether oxygens (including phenoxy) is 1. The van der Waals surface area contributed by atoms with Gasteiger partial charge >= 0.3 is 0 Å². The number of hydrogen-bond acceptors (Lipinski definition) is 2. The van der Waals surface area contributed by atoms with Gasteiger partial charge < -0.3 is 10.1 Å². The Kier molecular flexibility index (Phi) is 4.14. The molecule has 1 saturated carbocycles. The predicted octanol–water partition coefficient (Wildman–Crippen LogP) is 3.89. The first-order valence-corrected chi connectivity index (χ1v) is 7.85. The van der Waals surface area contributed by atoms with Crippen molar-refractivity contribution in [2.75, 3.05) is 6.61 Å². The molecule has 0 heterocycles. The normalized spacial score (nSPS) is 15.7. The molecule has 1 fully saturated rings. The van der Waals surface area contributed by atoms with Crippen molar-refractivity contribution in [1.82, 2.24) is 5.32 Å². The van der Waals surface area contributed by atoms with Crippen molar-refractivity contribution >= 4 is 5.91 Å². The van der Waals surface area contributed by atoms with Gasteiger partial charge in [-0.1, -0.05) is 42.5 Å². The number of hydrogen-bond donors (Lipinski definition) is 1. The first kappa shape index (κ1) is 14.6. The average molecular weight is 295 g/mol. The van der Waals surface area contributed by atoms with Crippen LogP contribution < -0.4 is 10.1 Å². The van der Waals surface area contributed by atoms with Gasteiger partial charge in [-0.05, 0) is 43.9 Å². The van der Waals surface area contributed by atoms with Crippen LogP contribution in [0.15, 0.2) is 54.6 Å². The molecule has 1 aliphatic rings. The van der Waals surface area contributed by atoms with Gasteiger partial charge in [-0.25, -0.2) is 0 Å². The smallest absolute Gasteiger partial charge is 0.255 e. The highest BCUT2D eigenvalue weighted by Gasteiger charge is 2.40. The minimum absolute atomic E-state index is 0.0624. The molecule has 0 aliphatic heterocycles. The summed E-state index contributed by atoms with van der Waals surface area (Å²) in [6, 6.07) is 17.6. The molecule has 3 nitrogen and oxygen atoms in total. The van der Waals surface area contributed by atoms with Crippen molar-refractivity contribution in [3.8, 4) is 5.75 Å². The largest absolute Gasteiger partial charge is 0.493 e.